The standard InChI is InChI=1S/C9H12.C2H6.H3N/c1-8-5-3-4-6-9(2)7-8;1-2;/h3-5,7H,6H2,1-2H3;1-2H3;1H3. The highest BCUT2D eigenvalue weighted by molar-refractivity contribution is 5.29. The molecule has 0 fully saturated rings. The van der Waals surface area contributed by atoms with Gasteiger partial charge >= 0.3 is 0 Å². The fourth-order valence-electron chi connectivity index (χ4n) is 0.969. The van der Waals surface area contributed by atoms with Crippen LogP contribution in [0.3, 0.4) is 0 Å². The Kier molecular flexibility index (Phi) is 9.48. The van der Waals surface area contributed by atoms with E-state index in [-0.39, 0.29) is 6.15 Å². The van der Waals surface area contributed by atoms with Crippen LogP contribution in [0.2, 0.25) is 0 Å². The largest absolute Gasteiger partial charge is 0.344 e. The molecule has 3 N–H and O–H groups in total. The maximum Gasteiger partial charge on any atom is -0.0135 e. The molecule has 1 aliphatic rings. The predicted molar refractivity (Wildman–Crippen MR) is 57.6 cm³/mol. The van der Waals surface area contributed by atoms with E-state index in [2.05, 4.69) is 38.2 Å². The van der Waals surface area contributed by atoms with E-state index in [0.717, 1.165) is 6.42 Å². The maximum atomic E-state index is 2.22. The Balaban J connectivity index is 0. The quantitative estimate of drug-likeness (QED) is 0.581. The normalized spacial score (nSPS) is 14.3. The van der Waals surface area contributed by atoms with Gasteiger partial charge in [0.2, 0.25) is 0 Å². The highest BCUT2D eigenvalue weighted by atomic mass is 14.0. The van der Waals surface area contributed by atoms with Gasteiger partial charge in [-0.3, -0.25) is 0 Å². The van der Waals surface area contributed by atoms with Gasteiger partial charge < -0.3 is 6.15 Å². The molecular weight excluding hydrogens is 146 g/mol. The monoisotopic (exact) mass is 167 g/mol. The number of hydrogen-bond donors (Lipinski definition) is 1. The second-order valence-electron chi connectivity index (χ2n) is 2.53. The minimum atomic E-state index is 0. The molecule has 1 aliphatic carbocycles. The van der Waals surface area contributed by atoms with E-state index in [4.69, 9.17) is 0 Å². The molecule has 0 saturated heterocycles. The molecule has 0 aromatic heterocycles. The van der Waals surface area contributed by atoms with Crippen molar-refractivity contribution in [3.8, 4) is 0 Å². The molecule has 1 rings (SSSR count). The van der Waals surface area contributed by atoms with Crippen LogP contribution in [-0.4, -0.2) is 0 Å². The van der Waals surface area contributed by atoms with Crippen molar-refractivity contribution in [1.82, 2.24) is 6.15 Å². The Morgan fingerprint density at radius 2 is 1.75 bits per heavy atom. The molecule has 12 heavy (non-hydrogen) atoms. The number of rotatable bonds is 0. The SMILES string of the molecule is CC.CC1=CC=CCC(C)=C1.N. The third-order valence-electron chi connectivity index (χ3n) is 1.41. The first-order valence-electron chi connectivity index (χ1n) is 4.29. The minimum Gasteiger partial charge on any atom is -0.344 e. The van der Waals surface area contributed by atoms with Crippen molar-refractivity contribution >= 4 is 0 Å². The maximum absolute atomic E-state index is 2.22. The van der Waals surface area contributed by atoms with Gasteiger partial charge in [-0.25, -0.2) is 0 Å². The van der Waals surface area contributed by atoms with Gasteiger partial charge in [0.25, 0.3) is 0 Å². The van der Waals surface area contributed by atoms with Crippen LogP contribution in [0, 0.1) is 0 Å². The van der Waals surface area contributed by atoms with Crippen LogP contribution >= 0.6 is 0 Å². The van der Waals surface area contributed by atoms with E-state index in [9.17, 15) is 0 Å². The van der Waals surface area contributed by atoms with Crippen LogP contribution in [0.25, 0.3) is 0 Å². The first-order chi connectivity index (χ1) is 5.29. The van der Waals surface area contributed by atoms with Gasteiger partial charge in [-0.05, 0) is 20.3 Å². The van der Waals surface area contributed by atoms with E-state index < -0.39 is 0 Å². The molecule has 1 nitrogen and oxygen atoms in total. The van der Waals surface area contributed by atoms with E-state index in [1.54, 1.807) is 0 Å². The van der Waals surface area contributed by atoms with Gasteiger partial charge in [-0.2, -0.15) is 0 Å². The van der Waals surface area contributed by atoms with Gasteiger partial charge in [0.1, 0.15) is 0 Å². The van der Waals surface area contributed by atoms with Crippen LogP contribution in [0.15, 0.2) is 35.5 Å². The van der Waals surface area contributed by atoms with E-state index in [1.807, 2.05) is 13.8 Å². The third kappa shape index (κ3) is 5.93. The zero-order valence-corrected chi connectivity index (χ0v) is 8.72. The van der Waals surface area contributed by atoms with Crippen molar-refractivity contribution in [1.29, 1.82) is 0 Å². The summed E-state index contributed by atoms with van der Waals surface area (Å²) in [6, 6.07) is 0. The van der Waals surface area contributed by atoms with Gasteiger partial charge in [-0.1, -0.05) is 49.3 Å². The van der Waals surface area contributed by atoms with Gasteiger partial charge in [-0.15, -0.1) is 0 Å². The van der Waals surface area contributed by atoms with Crippen molar-refractivity contribution in [3.63, 3.8) is 0 Å². The average molecular weight is 167 g/mol. The summed E-state index contributed by atoms with van der Waals surface area (Å²) in [6.45, 7) is 8.28. The number of hydrogen-bond acceptors (Lipinski definition) is 1. The van der Waals surface area contributed by atoms with E-state index in [1.165, 1.54) is 11.1 Å². The van der Waals surface area contributed by atoms with Crippen molar-refractivity contribution in [3.05, 3.63) is 35.5 Å². The molecule has 0 spiro atoms. The Labute approximate surface area is 76.5 Å². The molecule has 0 aromatic rings. The smallest absolute Gasteiger partial charge is 0.0135 e. The van der Waals surface area contributed by atoms with Gasteiger partial charge in [0.15, 0.2) is 0 Å². The molecule has 0 saturated carbocycles. The van der Waals surface area contributed by atoms with E-state index in [0.29, 0.717) is 0 Å². The van der Waals surface area contributed by atoms with Crippen LogP contribution in [0.1, 0.15) is 34.1 Å². The lowest BCUT2D eigenvalue weighted by molar-refractivity contribution is 1.21. The molecule has 0 unspecified atom stereocenters. The molecule has 0 radical (unpaired) electrons. The van der Waals surface area contributed by atoms with Crippen molar-refractivity contribution in [2.24, 2.45) is 0 Å². The first-order valence-corrected chi connectivity index (χ1v) is 4.29. The molecule has 70 valence electrons. The summed E-state index contributed by atoms with van der Waals surface area (Å²) in [6.07, 6.45) is 9.76. The Morgan fingerprint density at radius 1 is 1.17 bits per heavy atom. The molecule has 1 heteroatoms. The molecular formula is C11H21N. The Hall–Kier alpha value is -0.820. The second kappa shape index (κ2) is 8.28. The summed E-state index contributed by atoms with van der Waals surface area (Å²) in [5.74, 6) is 0. The lowest BCUT2D eigenvalue weighted by Gasteiger charge is -1.91. The highest BCUT2D eigenvalue weighted by Gasteiger charge is 1.89. The van der Waals surface area contributed by atoms with Crippen LogP contribution in [-0.2, 0) is 0 Å². The molecule has 0 aromatic carbocycles. The van der Waals surface area contributed by atoms with Crippen molar-refractivity contribution in [2.45, 2.75) is 34.1 Å². The summed E-state index contributed by atoms with van der Waals surface area (Å²) in [4.78, 5) is 0. The zero-order valence-electron chi connectivity index (χ0n) is 8.72. The van der Waals surface area contributed by atoms with Crippen LogP contribution in [0.5, 0.6) is 0 Å². The zero-order chi connectivity index (χ0) is 8.69. The highest BCUT2D eigenvalue weighted by Crippen LogP contribution is 2.09. The summed E-state index contributed by atoms with van der Waals surface area (Å²) in [5.41, 5.74) is 2.79. The molecule has 0 amide bonds. The Morgan fingerprint density at radius 3 is 2.33 bits per heavy atom. The molecule has 0 atom stereocenters. The van der Waals surface area contributed by atoms with Crippen molar-refractivity contribution in [2.75, 3.05) is 0 Å². The predicted octanol–water partition coefficient (Wildman–Crippen LogP) is 4.03. The Bertz CT molecular complexity index is 185. The lowest BCUT2D eigenvalue weighted by atomic mass is 10.2. The second-order valence-corrected chi connectivity index (χ2v) is 2.53. The summed E-state index contributed by atoms with van der Waals surface area (Å²) in [7, 11) is 0. The summed E-state index contributed by atoms with van der Waals surface area (Å²) >= 11 is 0. The van der Waals surface area contributed by atoms with Gasteiger partial charge in [0, 0.05) is 0 Å². The van der Waals surface area contributed by atoms with E-state index >= 15 is 0 Å². The summed E-state index contributed by atoms with van der Waals surface area (Å²) in [5, 5.41) is 0. The fourth-order valence-corrected chi connectivity index (χ4v) is 0.969. The average Bonchev–Trinajstić information content (AvgIpc) is 2.18. The van der Waals surface area contributed by atoms with Crippen molar-refractivity contribution < 1.29 is 0 Å². The van der Waals surface area contributed by atoms with Gasteiger partial charge in [0.05, 0.1) is 0 Å². The number of allylic oxidation sites excluding steroid dienone is 6. The molecule has 0 bridgehead atoms. The van der Waals surface area contributed by atoms with Crippen LogP contribution in [0.4, 0.5) is 0 Å². The summed E-state index contributed by atoms with van der Waals surface area (Å²) < 4.78 is 0. The topological polar surface area (TPSA) is 35.0 Å². The molecule has 0 aliphatic heterocycles. The molecule has 0 heterocycles. The fraction of sp³-hybridized carbons (Fsp3) is 0.455. The van der Waals surface area contributed by atoms with Crippen LogP contribution < -0.4 is 6.15 Å². The lowest BCUT2D eigenvalue weighted by Crippen LogP contribution is -1.70. The minimum absolute atomic E-state index is 0. The third-order valence-corrected chi connectivity index (χ3v) is 1.41. The first kappa shape index (κ1) is 13.7.